The monoisotopic (exact) mass is 378 g/mol. The predicted octanol–water partition coefficient (Wildman–Crippen LogP) is 2.98. The largest absolute Gasteiger partial charge is 0.375 e. The second-order valence-corrected chi connectivity index (χ2v) is 6.55. The second-order valence-electron chi connectivity index (χ2n) is 6.55. The molecule has 0 aliphatic carbocycles. The number of nitrogens with one attached hydrogen (secondary N) is 1. The van der Waals surface area contributed by atoms with Crippen molar-refractivity contribution in [1.82, 2.24) is 4.90 Å². The van der Waals surface area contributed by atoms with Crippen molar-refractivity contribution in [2.45, 2.75) is 13.0 Å². The minimum atomic E-state index is -0.243. The molecule has 1 N–H and O–H groups in total. The standard InChI is InChI=1S/C21H22N4O3/c1-28-15-20(26)23-18-4-2-5-19(12-18)25-11-3-10-24(21(25)27)14-17-8-6-16(13-22)7-9-17/h2,4-9,12H,3,10-11,14-15H2,1H3,(H,23,26). The van der Waals surface area contributed by atoms with Crippen LogP contribution in [0.3, 0.4) is 0 Å². The summed E-state index contributed by atoms with van der Waals surface area (Å²) in [6.45, 7) is 1.77. The van der Waals surface area contributed by atoms with E-state index < -0.39 is 0 Å². The smallest absolute Gasteiger partial charge is 0.324 e. The van der Waals surface area contributed by atoms with Crippen LogP contribution in [-0.4, -0.2) is 43.6 Å². The molecule has 1 fully saturated rings. The van der Waals surface area contributed by atoms with E-state index in [1.807, 2.05) is 24.3 Å². The van der Waals surface area contributed by atoms with E-state index in [2.05, 4.69) is 11.4 Å². The fourth-order valence-corrected chi connectivity index (χ4v) is 3.15. The van der Waals surface area contributed by atoms with E-state index in [9.17, 15) is 9.59 Å². The number of hydrogen-bond acceptors (Lipinski definition) is 4. The topological polar surface area (TPSA) is 85.7 Å². The number of benzene rings is 2. The van der Waals surface area contributed by atoms with E-state index in [1.54, 1.807) is 34.1 Å². The lowest BCUT2D eigenvalue weighted by Crippen LogP contribution is -2.49. The maximum absolute atomic E-state index is 13.0. The van der Waals surface area contributed by atoms with Crippen LogP contribution in [0.25, 0.3) is 0 Å². The van der Waals surface area contributed by atoms with Crippen LogP contribution in [0.15, 0.2) is 48.5 Å². The van der Waals surface area contributed by atoms with Gasteiger partial charge in [-0.2, -0.15) is 5.26 Å². The normalized spacial score (nSPS) is 13.9. The number of carbonyl (C=O) groups excluding carboxylic acids is 2. The van der Waals surface area contributed by atoms with E-state index in [0.717, 1.165) is 17.7 Å². The summed E-state index contributed by atoms with van der Waals surface area (Å²) in [7, 11) is 1.46. The molecule has 1 heterocycles. The fraction of sp³-hybridized carbons (Fsp3) is 0.286. The number of anilines is 2. The first-order valence-corrected chi connectivity index (χ1v) is 9.05. The van der Waals surface area contributed by atoms with Crippen molar-refractivity contribution >= 4 is 23.3 Å². The summed E-state index contributed by atoms with van der Waals surface area (Å²) in [6.07, 6.45) is 0.849. The highest BCUT2D eigenvalue weighted by molar-refractivity contribution is 5.95. The highest BCUT2D eigenvalue weighted by Crippen LogP contribution is 2.24. The average molecular weight is 378 g/mol. The Morgan fingerprint density at radius 1 is 1.21 bits per heavy atom. The van der Waals surface area contributed by atoms with Crippen molar-refractivity contribution in [2.24, 2.45) is 0 Å². The molecule has 3 rings (SSSR count). The van der Waals surface area contributed by atoms with Crippen molar-refractivity contribution in [3.05, 3.63) is 59.7 Å². The molecule has 0 unspecified atom stereocenters. The quantitative estimate of drug-likeness (QED) is 0.837. The van der Waals surface area contributed by atoms with Gasteiger partial charge in [-0.3, -0.25) is 9.69 Å². The molecule has 1 aliphatic heterocycles. The van der Waals surface area contributed by atoms with Crippen LogP contribution in [-0.2, 0) is 16.1 Å². The molecule has 2 aromatic carbocycles. The summed E-state index contributed by atoms with van der Waals surface area (Å²) in [5.74, 6) is -0.243. The van der Waals surface area contributed by atoms with Gasteiger partial charge < -0.3 is 15.0 Å². The molecule has 7 heteroatoms. The van der Waals surface area contributed by atoms with Gasteiger partial charge in [-0.05, 0) is 42.3 Å². The molecule has 3 amide bonds. The Hall–Kier alpha value is -3.37. The minimum absolute atomic E-state index is 0.0226. The maximum atomic E-state index is 13.0. The fourth-order valence-electron chi connectivity index (χ4n) is 3.15. The third-order valence-corrected chi connectivity index (χ3v) is 4.48. The summed E-state index contributed by atoms with van der Waals surface area (Å²) in [5.41, 5.74) is 2.94. The average Bonchev–Trinajstić information content (AvgIpc) is 2.70. The van der Waals surface area contributed by atoms with E-state index in [1.165, 1.54) is 7.11 Å². The van der Waals surface area contributed by atoms with Gasteiger partial charge in [0, 0.05) is 38.1 Å². The van der Waals surface area contributed by atoms with Crippen LogP contribution < -0.4 is 10.2 Å². The van der Waals surface area contributed by atoms with E-state index in [-0.39, 0.29) is 18.5 Å². The first-order chi connectivity index (χ1) is 13.6. The van der Waals surface area contributed by atoms with Crippen molar-refractivity contribution in [3.8, 4) is 6.07 Å². The third-order valence-electron chi connectivity index (χ3n) is 4.48. The highest BCUT2D eigenvalue weighted by atomic mass is 16.5. The number of methoxy groups -OCH3 is 1. The Kier molecular flexibility index (Phi) is 6.25. The highest BCUT2D eigenvalue weighted by Gasteiger charge is 2.27. The number of rotatable bonds is 6. The number of urea groups is 1. The first kappa shape index (κ1) is 19.4. The number of nitriles is 1. The molecular weight excluding hydrogens is 356 g/mol. The van der Waals surface area contributed by atoms with Crippen molar-refractivity contribution in [3.63, 3.8) is 0 Å². The number of amides is 3. The molecule has 7 nitrogen and oxygen atoms in total. The van der Waals surface area contributed by atoms with Crippen LogP contribution in [0.2, 0.25) is 0 Å². The summed E-state index contributed by atoms with van der Waals surface area (Å²) >= 11 is 0. The predicted molar refractivity (Wildman–Crippen MR) is 106 cm³/mol. The van der Waals surface area contributed by atoms with Gasteiger partial charge in [0.2, 0.25) is 5.91 Å². The summed E-state index contributed by atoms with van der Waals surface area (Å²) in [4.78, 5) is 28.2. The number of carbonyl (C=O) groups is 2. The molecule has 0 aromatic heterocycles. The second kappa shape index (κ2) is 9.02. The summed E-state index contributed by atoms with van der Waals surface area (Å²) < 4.78 is 4.82. The SMILES string of the molecule is COCC(=O)Nc1cccc(N2CCCN(Cc3ccc(C#N)cc3)C2=O)c1. The van der Waals surface area contributed by atoms with E-state index in [4.69, 9.17) is 10.00 Å². The lowest BCUT2D eigenvalue weighted by molar-refractivity contribution is -0.119. The number of nitrogens with zero attached hydrogens (tertiary/aromatic N) is 3. The zero-order valence-electron chi connectivity index (χ0n) is 15.7. The molecule has 144 valence electrons. The van der Waals surface area contributed by atoms with Gasteiger partial charge >= 0.3 is 6.03 Å². The zero-order valence-corrected chi connectivity index (χ0v) is 15.7. The minimum Gasteiger partial charge on any atom is -0.375 e. The van der Waals surface area contributed by atoms with Crippen molar-refractivity contribution in [1.29, 1.82) is 5.26 Å². The summed E-state index contributed by atoms with van der Waals surface area (Å²) in [5, 5.41) is 11.7. The van der Waals surface area contributed by atoms with E-state index >= 15 is 0 Å². The molecule has 0 saturated carbocycles. The van der Waals surface area contributed by atoms with Crippen LogP contribution in [0.4, 0.5) is 16.2 Å². The lowest BCUT2D eigenvalue weighted by Gasteiger charge is -2.36. The molecule has 0 radical (unpaired) electrons. The Balaban J connectivity index is 1.71. The maximum Gasteiger partial charge on any atom is 0.324 e. The van der Waals surface area contributed by atoms with Crippen molar-refractivity contribution < 1.29 is 14.3 Å². The molecule has 1 aliphatic rings. The van der Waals surface area contributed by atoms with Crippen LogP contribution in [0.5, 0.6) is 0 Å². The molecule has 1 saturated heterocycles. The Morgan fingerprint density at radius 2 is 2.00 bits per heavy atom. The van der Waals surface area contributed by atoms with Gasteiger partial charge in [-0.15, -0.1) is 0 Å². The van der Waals surface area contributed by atoms with E-state index in [0.29, 0.717) is 30.9 Å². The number of hydrogen-bond donors (Lipinski definition) is 1. The van der Waals surface area contributed by atoms with Crippen LogP contribution in [0, 0.1) is 11.3 Å². The molecule has 0 spiro atoms. The Labute approximate surface area is 164 Å². The van der Waals surface area contributed by atoms with Gasteiger partial charge in [-0.1, -0.05) is 18.2 Å². The van der Waals surface area contributed by atoms with Gasteiger partial charge in [0.05, 0.1) is 11.6 Å². The Bertz CT molecular complexity index is 889. The molecule has 28 heavy (non-hydrogen) atoms. The third kappa shape index (κ3) is 4.67. The molecule has 0 atom stereocenters. The van der Waals surface area contributed by atoms with Crippen LogP contribution in [0.1, 0.15) is 17.5 Å². The first-order valence-electron chi connectivity index (χ1n) is 9.05. The van der Waals surface area contributed by atoms with Crippen molar-refractivity contribution in [2.75, 3.05) is 37.0 Å². The van der Waals surface area contributed by atoms with Crippen LogP contribution >= 0.6 is 0 Å². The van der Waals surface area contributed by atoms with Gasteiger partial charge in [0.15, 0.2) is 0 Å². The van der Waals surface area contributed by atoms with Gasteiger partial charge in [0.1, 0.15) is 6.61 Å². The molecule has 2 aromatic rings. The van der Waals surface area contributed by atoms with Gasteiger partial charge in [-0.25, -0.2) is 4.79 Å². The number of ether oxygens (including phenoxy) is 1. The molecule has 0 bridgehead atoms. The zero-order chi connectivity index (χ0) is 19.9. The summed E-state index contributed by atoms with van der Waals surface area (Å²) in [6, 6.07) is 16.5. The molecular formula is C21H22N4O3. The van der Waals surface area contributed by atoms with Gasteiger partial charge in [0.25, 0.3) is 0 Å². The lowest BCUT2D eigenvalue weighted by atomic mass is 10.1. The Morgan fingerprint density at radius 3 is 2.71 bits per heavy atom.